The monoisotopic (exact) mass is 333 g/mol. The van der Waals surface area contributed by atoms with Crippen LogP contribution in [-0.2, 0) is 6.54 Å². The lowest BCUT2D eigenvalue weighted by molar-refractivity contribution is 0.137. The van der Waals surface area contributed by atoms with Crippen LogP contribution in [0.3, 0.4) is 0 Å². The van der Waals surface area contributed by atoms with E-state index in [1.54, 1.807) is 6.92 Å². The summed E-state index contributed by atoms with van der Waals surface area (Å²) in [6.07, 6.45) is 3.26. The van der Waals surface area contributed by atoms with Crippen LogP contribution in [0.15, 0.2) is 39.5 Å². The van der Waals surface area contributed by atoms with Crippen molar-refractivity contribution in [3.8, 4) is 5.75 Å². The highest BCUT2D eigenvalue weighted by Gasteiger charge is 2.26. The van der Waals surface area contributed by atoms with E-state index in [1.165, 1.54) is 11.6 Å². The number of likely N-dealkylation sites (tertiary alicyclic amines) is 1. The average molecular weight is 334 g/mol. The first kappa shape index (κ1) is 16.1. The Bertz CT molecular complexity index is 739. The van der Waals surface area contributed by atoms with E-state index in [4.69, 9.17) is 16.0 Å². The summed E-state index contributed by atoms with van der Waals surface area (Å²) >= 11 is 5.97. The van der Waals surface area contributed by atoms with Crippen molar-refractivity contribution in [3.63, 3.8) is 0 Å². The molecule has 0 saturated carbocycles. The van der Waals surface area contributed by atoms with Gasteiger partial charge in [0.15, 0.2) is 0 Å². The minimum atomic E-state index is -0.456. The molecule has 0 spiro atoms. The Kier molecular flexibility index (Phi) is 4.74. The molecule has 1 N–H and O–H groups in total. The molecule has 3 rings (SSSR count). The summed E-state index contributed by atoms with van der Waals surface area (Å²) in [6.45, 7) is 2.93. The van der Waals surface area contributed by atoms with Crippen LogP contribution in [0.2, 0.25) is 5.02 Å². The van der Waals surface area contributed by atoms with Gasteiger partial charge in [-0.2, -0.15) is 0 Å². The number of nitrogens with zero attached hydrogens (tertiary/aromatic N) is 1. The molecule has 2 aromatic rings. The van der Waals surface area contributed by atoms with Crippen molar-refractivity contribution in [2.24, 2.45) is 0 Å². The van der Waals surface area contributed by atoms with E-state index in [0.29, 0.717) is 22.9 Å². The first-order valence-electron chi connectivity index (χ1n) is 7.86. The standard InChI is InChI=1S/C18H20ClNO3/c1-12-10-17(21)15(18(22)23-12)11-20-9-3-2-4-16(20)13-5-7-14(19)8-6-13/h5-8,10,16,21H,2-4,9,11H2,1H3. The molecule has 1 aliphatic rings. The van der Waals surface area contributed by atoms with E-state index in [2.05, 4.69) is 4.90 Å². The van der Waals surface area contributed by atoms with Gasteiger partial charge in [-0.15, -0.1) is 0 Å². The second-order valence-electron chi connectivity index (χ2n) is 6.04. The zero-order chi connectivity index (χ0) is 16.4. The van der Waals surface area contributed by atoms with Crippen LogP contribution in [0.1, 0.15) is 42.2 Å². The van der Waals surface area contributed by atoms with Crippen molar-refractivity contribution in [3.05, 3.63) is 62.7 Å². The summed E-state index contributed by atoms with van der Waals surface area (Å²) in [5, 5.41) is 10.8. The van der Waals surface area contributed by atoms with Crippen molar-refractivity contribution < 1.29 is 9.52 Å². The molecule has 1 fully saturated rings. The third-order valence-corrected chi connectivity index (χ3v) is 4.63. The Morgan fingerprint density at radius 1 is 1.30 bits per heavy atom. The number of halogens is 1. The molecule has 1 unspecified atom stereocenters. The van der Waals surface area contributed by atoms with Crippen LogP contribution in [0.25, 0.3) is 0 Å². The molecule has 122 valence electrons. The third-order valence-electron chi connectivity index (χ3n) is 4.38. The smallest absolute Gasteiger partial charge is 0.344 e. The van der Waals surface area contributed by atoms with Gasteiger partial charge in [0.2, 0.25) is 0 Å². The van der Waals surface area contributed by atoms with E-state index in [9.17, 15) is 9.90 Å². The summed E-state index contributed by atoms with van der Waals surface area (Å²) in [5.74, 6) is 0.434. The van der Waals surface area contributed by atoms with Gasteiger partial charge in [-0.1, -0.05) is 30.2 Å². The predicted molar refractivity (Wildman–Crippen MR) is 89.8 cm³/mol. The molecule has 2 heterocycles. The molecule has 4 nitrogen and oxygen atoms in total. The molecule has 1 aromatic heterocycles. The predicted octanol–water partition coefficient (Wildman–Crippen LogP) is 4.03. The summed E-state index contributed by atoms with van der Waals surface area (Å²) < 4.78 is 5.13. The molecule has 0 amide bonds. The topological polar surface area (TPSA) is 53.7 Å². The first-order chi connectivity index (χ1) is 11.0. The van der Waals surface area contributed by atoms with Gasteiger partial charge in [0.25, 0.3) is 0 Å². The SMILES string of the molecule is Cc1cc(O)c(CN2CCCCC2c2ccc(Cl)cc2)c(=O)o1. The lowest BCUT2D eigenvalue weighted by Crippen LogP contribution is -2.34. The molecule has 5 heteroatoms. The summed E-state index contributed by atoms with van der Waals surface area (Å²) in [4.78, 5) is 14.3. The molecule has 1 atom stereocenters. The molecule has 0 bridgehead atoms. The van der Waals surface area contributed by atoms with Crippen molar-refractivity contribution in [2.75, 3.05) is 6.54 Å². The van der Waals surface area contributed by atoms with E-state index in [0.717, 1.165) is 25.8 Å². The van der Waals surface area contributed by atoms with Gasteiger partial charge in [0, 0.05) is 23.7 Å². The Morgan fingerprint density at radius 2 is 2.04 bits per heavy atom. The van der Waals surface area contributed by atoms with Gasteiger partial charge in [0.05, 0.1) is 5.56 Å². The number of hydrogen-bond acceptors (Lipinski definition) is 4. The largest absolute Gasteiger partial charge is 0.507 e. The second-order valence-corrected chi connectivity index (χ2v) is 6.48. The van der Waals surface area contributed by atoms with E-state index in [1.807, 2.05) is 24.3 Å². The quantitative estimate of drug-likeness (QED) is 0.921. The normalized spacial score (nSPS) is 19.0. The highest BCUT2D eigenvalue weighted by atomic mass is 35.5. The number of aryl methyl sites for hydroxylation is 1. The van der Waals surface area contributed by atoms with Crippen LogP contribution in [-0.4, -0.2) is 16.6 Å². The highest BCUT2D eigenvalue weighted by Crippen LogP contribution is 2.33. The molecule has 1 aliphatic heterocycles. The lowest BCUT2D eigenvalue weighted by atomic mass is 9.95. The Hall–Kier alpha value is -1.78. The maximum absolute atomic E-state index is 12.1. The average Bonchev–Trinajstić information content (AvgIpc) is 2.52. The van der Waals surface area contributed by atoms with Crippen molar-refractivity contribution in [1.82, 2.24) is 4.90 Å². The minimum absolute atomic E-state index is 0.0131. The maximum atomic E-state index is 12.1. The van der Waals surface area contributed by atoms with Crippen LogP contribution in [0.4, 0.5) is 0 Å². The minimum Gasteiger partial charge on any atom is -0.507 e. The number of piperidine rings is 1. The number of aromatic hydroxyl groups is 1. The Labute approximate surface area is 140 Å². The fourth-order valence-electron chi connectivity index (χ4n) is 3.21. The fourth-order valence-corrected chi connectivity index (χ4v) is 3.34. The zero-order valence-electron chi connectivity index (χ0n) is 13.1. The second kappa shape index (κ2) is 6.77. The molecule has 1 aromatic carbocycles. The van der Waals surface area contributed by atoms with Gasteiger partial charge in [-0.3, -0.25) is 4.90 Å². The van der Waals surface area contributed by atoms with Crippen molar-refractivity contribution >= 4 is 11.6 Å². The molecule has 1 saturated heterocycles. The van der Waals surface area contributed by atoms with E-state index in [-0.39, 0.29) is 11.8 Å². The molecule has 23 heavy (non-hydrogen) atoms. The van der Waals surface area contributed by atoms with Crippen LogP contribution in [0, 0.1) is 6.92 Å². The Balaban J connectivity index is 1.88. The first-order valence-corrected chi connectivity index (χ1v) is 8.24. The summed E-state index contributed by atoms with van der Waals surface area (Å²) in [6, 6.07) is 9.56. The Morgan fingerprint density at radius 3 is 2.74 bits per heavy atom. The van der Waals surface area contributed by atoms with Gasteiger partial charge in [0.1, 0.15) is 11.5 Å². The van der Waals surface area contributed by atoms with Gasteiger partial charge in [-0.25, -0.2) is 4.79 Å². The van der Waals surface area contributed by atoms with Gasteiger partial charge >= 0.3 is 5.63 Å². The number of rotatable bonds is 3. The molecule has 0 radical (unpaired) electrons. The summed E-state index contributed by atoms with van der Waals surface area (Å²) in [7, 11) is 0. The zero-order valence-corrected chi connectivity index (χ0v) is 13.8. The molecular weight excluding hydrogens is 314 g/mol. The van der Waals surface area contributed by atoms with Crippen LogP contribution in [0.5, 0.6) is 5.75 Å². The van der Waals surface area contributed by atoms with Crippen LogP contribution >= 0.6 is 11.6 Å². The number of benzene rings is 1. The van der Waals surface area contributed by atoms with Crippen LogP contribution < -0.4 is 5.63 Å². The molecule has 0 aliphatic carbocycles. The van der Waals surface area contributed by atoms with Crippen molar-refractivity contribution in [1.29, 1.82) is 0 Å². The number of hydrogen-bond donors (Lipinski definition) is 1. The van der Waals surface area contributed by atoms with Gasteiger partial charge in [-0.05, 0) is 44.0 Å². The highest BCUT2D eigenvalue weighted by molar-refractivity contribution is 6.30. The van der Waals surface area contributed by atoms with Gasteiger partial charge < -0.3 is 9.52 Å². The van der Waals surface area contributed by atoms with E-state index >= 15 is 0 Å². The third kappa shape index (κ3) is 3.59. The lowest BCUT2D eigenvalue weighted by Gasteiger charge is -2.36. The maximum Gasteiger partial charge on any atom is 0.344 e. The summed E-state index contributed by atoms with van der Waals surface area (Å²) in [5.41, 5.74) is 1.06. The van der Waals surface area contributed by atoms with Crippen molar-refractivity contribution in [2.45, 2.75) is 38.8 Å². The molecular formula is C18H20ClNO3. The van der Waals surface area contributed by atoms with E-state index < -0.39 is 5.63 Å². The fraction of sp³-hybridized carbons (Fsp3) is 0.389.